The fourth-order valence-corrected chi connectivity index (χ4v) is 1.32. The predicted molar refractivity (Wildman–Crippen MR) is 63.9 cm³/mol. The normalized spacial score (nSPS) is 12.3. The van der Waals surface area contributed by atoms with Crippen molar-refractivity contribution in [1.82, 2.24) is 0 Å². The zero-order valence-corrected chi connectivity index (χ0v) is 9.83. The van der Waals surface area contributed by atoms with Gasteiger partial charge in [-0.1, -0.05) is 51.3 Å². The topological polar surface area (TPSA) is 37.3 Å². The van der Waals surface area contributed by atoms with E-state index >= 15 is 0 Å². The highest BCUT2D eigenvalue weighted by Crippen LogP contribution is 2.06. The van der Waals surface area contributed by atoms with Gasteiger partial charge in [0.05, 0.1) is 0 Å². The highest BCUT2D eigenvalue weighted by Gasteiger charge is 2.02. The maximum Gasteiger partial charge on any atom is 0.331 e. The van der Waals surface area contributed by atoms with E-state index in [1.807, 2.05) is 19.1 Å². The summed E-state index contributed by atoms with van der Waals surface area (Å²) in [6, 6.07) is 0. The fraction of sp³-hybridized carbons (Fsp3) is 0.615. The number of carboxylic acid groups (broad SMARTS) is 1. The maximum absolute atomic E-state index is 10.8. The molecule has 0 aromatic heterocycles. The molecule has 0 rings (SSSR count). The summed E-state index contributed by atoms with van der Waals surface area (Å²) in [5.41, 5.74) is 0.504. The van der Waals surface area contributed by atoms with Crippen LogP contribution in [0.25, 0.3) is 0 Å². The first kappa shape index (κ1) is 13.9. The molecule has 0 saturated heterocycles. The van der Waals surface area contributed by atoms with Gasteiger partial charge in [-0.05, 0) is 19.3 Å². The van der Waals surface area contributed by atoms with E-state index in [0.717, 1.165) is 12.8 Å². The minimum atomic E-state index is -0.796. The van der Waals surface area contributed by atoms with Crippen LogP contribution in [-0.2, 0) is 4.79 Å². The van der Waals surface area contributed by atoms with Crippen LogP contribution in [0, 0.1) is 0 Å². The molecule has 0 heterocycles. The monoisotopic (exact) mass is 210 g/mol. The van der Waals surface area contributed by atoms with Crippen molar-refractivity contribution in [3.05, 3.63) is 23.8 Å². The van der Waals surface area contributed by atoms with Crippen LogP contribution in [0.2, 0.25) is 0 Å². The molecule has 86 valence electrons. The SMILES string of the molecule is CCCCCC=CC=C(CCC)C(=O)O. The summed E-state index contributed by atoms with van der Waals surface area (Å²) in [7, 11) is 0. The Kier molecular flexibility index (Phi) is 8.84. The third-order valence-electron chi connectivity index (χ3n) is 2.20. The Balaban J connectivity index is 3.92. The van der Waals surface area contributed by atoms with E-state index in [-0.39, 0.29) is 0 Å². The summed E-state index contributed by atoms with van der Waals surface area (Å²) in [6.07, 6.45) is 11.9. The summed E-state index contributed by atoms with van der Waals surface area (Å²) in [5.74, 6) is -0.796. The van der Waals surface area contributed by atoms with E-state index in [9.17, 15) is 4.79 Å². The predicted octanol–water partition coefficient (Wildman–Crippen LogP) is 3.93. The third-order valence-corrected chi connectivity index (χ3v) is 2.20. The van der Waals surface area contributed by atoms with Gasteiger partial charge in [-0.15, -0.1) is 0 Å². The molecule has 0 unspecified atom stereocenters. The van der Waals surface area contributed by atoms with Gasteiger partial charge in [-0.3, -0.25) is 0 Å². The van der Waals surface area contributed by atoms with E-state index in [2.05, 4.69) is 6.92 Å². The molecule has 2 nitrogen and oxygen atoms in total. The third kappa shape index (κ3) is 7.98. The number of allylic oxidation sites excluding steroid dienone is 3. The van der Waals surface area contributed by atoms with Gasteiger partial charge >= 0.3 is 5.97 Å². The van der Waals surface area contributed by atoms with Crippen molar-refractivity contribution in [2.45, 2.75) is 52.4 Å². The van der Waals surface area contributed by atoms with Crippen molar-refractivity contribution in [2.24, 2.45) is 0 Å². The standard InChI is InChI=1S/C13H22O2/c1-3-5-6-7-8-9-11-12(10-4-2)13(14)15/h8-9,11H,3-7,10H2,1-2H3,(H,14,15). The smallest absolute Gasteiger partial charge is 0.331 e. The minimum absolute atomic E-state index is 0.504. The van der Waals surface area contributed by atoms with E-state index in [1.165, 1.54) is 19.3 Å². The summed E-state index contributed by atoms with van der Waals surface area (Å²) in [4.78, 5) is 10.8. The zero-order valence-electron chi connectivity index (χ0n) is 9.83. The van der Waals surface area contributed by atoms with Crippen molar-refractivity contribution >= 4 is 5.97 Å². The van der Waals surface area contributed by atoms with E-state index in [0.29, 0.717) is 12.0 Å². The summed E-state index contributed by atoms with van der Waals surface area (Å²) in [5, 5.41) is 8.84. The molecule has 0 aliphatic heterocycles. The second-order valence-corrected chi connectivity index (χ2v) is 3.67. The Morgan fingerprint density at radius 2 is 1.93 bits per heavy atom. The number of unbranched alkanes of at least 4 members (excludes halogenated alkanes) is 3. The van der Waals surface area contributed by atoms with Gasteiger partial charge in [-0.2, -0.15) is 0 Å². The second kappa shape index (κ2) is 9.50. The Bertz CT molecular complexity index is 227. The first-order valence-corrected chi connectivity index (χ1v) is 5.81. The Labute approximate surface area is 92.7 Å². The molecule has 0 atom stereocenters. The number of aliphatic carboxylic acids is 1. The quantitative estimate of drug-likeness (QED) is 0.374. The van der Waals surface area contributed by atoms with Crippen LogP contribution < -0.4 is 0 Å². The average molecular weight is 210 g/mol. The Hall–Kier alpha value is -1.05. The molecule has 0 aromatic rings. The molecule has 2 heteroatoms. The van der Waals surface area contributed by atoms with Gasteiger partial charge in [0.1, 0.15) is 0 Å². The van der Waals surface area contributed by atoms with Gasteiger partial charge in [0.2, 0.25) is 0 Å². The summed E-state index contributed by atoms with van der Waals surface area (Å²) >= 11 is 0. The molecule has 0 radical (unpaired) electrons. The first-order valence-electron chi connectivity index (χ1n) is 5.81. The molecule has 0 fully saturated rings. The average Bonchev–Trinajstić information content (AvgIpc) is 2.21. The van der Waals surface area contributed by atoms with Crippen molar-refractivity contribution in [3.8, 4) is 0 Å². The van der Waals surface area contributed by atoms with Gasteiger partial charge < -0.3 is 5.11 Å². The highest BCUT2D eigenvalue weighted by molar-refractivity contribution is 5.86. The van der Waals surface area contributed by atoms with Crippen LogP contribution in [0.15, 0.2) is 23.8 Å². The highest BCUT2D eigenvalue weighted by atomic mass is 16.4. The lowest BCUT2D eigenvalue weighted by atomic mass is 10.1. The number of rotatable bonds is 8. The van der Waals surface area contributed by atoms with Crippen LogP contribution in [0.1, 0.15) is 52.4 Å². The first-order chi connectivity index (χ1) is 7.22. The molecule has 0 bridgehead atoms. The Morgan fingerprint density at radius 3 is 2.47 bits per heavy atom. The van der Waals surface area contributed by atoms with Gasteiger partial charge in [0.15, 0.2) is 0 Å². The van der Waals surface area contributed by atoms with Crippen LogP contribution in [0.3, 0.4) is 0 Å². The van der Waals surface area contributed by atoms with Crippen molar-refractivity contribution in [3.63, 3.8) is 0 Å². The Morgan fingerprint density at radius 1 is 1.20 bits per heavy atom. The molecule has 0 spiro atoms. The van der Waals surface area contributed by atoms with E-state index < -0.39 is 5.97 Å². The van der Waals surface area contributed by atoms with E-state index in [1.54, 1.807) is 6.08 Å². The lowest BCUT2D eigenvalue weighted by Crippen LogP contribution is -1.99. The number of carbonyl (C=O) groups is 1. The molecule has 0 amide bonds. The van der Waals surface area contributed by atoms with Crippen molar-refractivity contribution in [1.29, 1.82) is 0 Å². The van der Waals surface area contributed by atoms with Crippen molar-refractivity contribution in [2.75, 3.05) is 0 Å². The molecule has 15 heavy (non-hydrogen) atoms. The van der Waals surface area contributed by atoms with Gasteiger partial charge in [-0.25, -0.2) is 4.79 Å². The van der Waals surface area contributed by atoms with Crippen molar-refractivity contribution < 1.29 is 9.90 Å². The van der Waals surface area contributed by atoms with Crippen LogP contribution in [0.5, 0.6) is 0 Å². The molecular formula is C13H22O2. The summed E-state index contributed by atoms with van der Waals surface area (Å²) < 4.78 is 0. The number of hydrogen-bond donors (Lipinski definition) is 1. The minimum Gasteiger partial charge on any atom is -0.478 e. The zero-order chi connectivity index (χ0) is 11.5. The lowest BCUT2D eigenvalue weighted by molar-refractivity contribution is -0.132. The largest absolute Gasteiger partial charge is 0.478 e. The molecular weight excluding hydrogens is 188 g/mol. The molecule has 0 aromatic carbocycles. The molecule has 1 N–H and O–H groups in total. The van der Waals surface area contributed by atoms with E-state index in [4.69, 9.17) is 5.11 Å². The van der Waals surface area contributed by atoms with Crippen LogP contribution >= 0.6 is 0 Å². The second-order valence-electron chi connectivity index (χ2n) is 3.67. The number of hydrogen-bond acceptors (Lipinski definition) is 1. The molecule has 0 saturated carbocycles. The number of carboxylic acids is 1. The van der Waals surface area contributed by atoms with Gasteiger partial charge in [0, 0.05) is 5.57 Å². The maximum atomic E-state index is 10.8. The molecule has 0 aliphatic carbocycles. The van der Waals surface area contributed by atoms with Crippen LogP contribution in [0.4, 0.5) is 0 Å². The fourth-order valence-electron chi connectivity index (χ4n) is 1.32. The lowest BCUT2D eigenvalue weighted by Gasteiger charge is -1.96. The summed E-state index contributed by atoms with van der Waals surface area (Å²) in [6.45, 7) is 4.16. The molecule has 0 aliphatic rings. The van der Waals surface area contributed by atoms with Gasteiger partial charge in [0.25, 0.3) is 0 Å². The van der Waals surface area contributed by atoms with Crippen LogP contribution in [-0.4, -0.2) is 11.1 Å².